The van der Waals surface area contributed by atoms with E-state index < -0.39 is 0 Å². The van der Waals surface area contributed by atoms with E-state index in [4.69, 9.17) is 17.0 Å². The van der Waals surface area contributed by atoms with Crippen molar-refractivity contribution in [1.29, 1.82) is 5.26 Å². The molecule has 3 heterocycles. The second kappa shape index (κ2) is 10.6. The van der Waals surface area contributed by atoms with Gasteiger partial charge in [-0.15, -0.1) is 0 Å². The number of carbonyl (C=O) groups excluding carboxylic acids is 1. The second-order valence-corrected chi connectivity index (χ2v) is 9.98. The summed E-state index contributed by atoms with van der Waals surface area (Å²) < 4.78 is 7.32. The molecule has 0 saturated carbocycles. The normalized spacial score (nSPS) is 18.7. The fourth-order valence-electron chi connectivity index (χ4n) is 4.14. The molecule has 2 fully saturated rings. The number of nitriles is 1. The number of ether oxygens (including phenoxy) is 1. The molecule has 0 N–H and O–H groups in total. The largest absolute Gasteiger partial charge is 0.383 e. The summed E-state index contributed by atoms with van der Waals surface area (Å²) in [4.78, 5) is 30.5. The number of rotatable bonds is 7. The number of anilines is 1. The zero-order valence-electron chi connectivity index (χ0n) is 19.1. The lowest BCUT2D eigenvalue weighted by Crippen LogP contribution is -2.39. The third-order valence-corrected chi connectivity index (χ3v) is 7.42. The third kappa shape index (κ3) is 4.77. The quantitative estimate of drug-likeness (QED) is 0.442. The maximum Gasteiger partial charge on any atom is 0.270 e. The highest BCUT2D eigenvalue weighted by atomic mass is 32.2. The Balaban J connectivity index is 2.18. The smallest absolute Gasteiger partial charge is 0.270 e. The summed E-state index contributed by atoms with van der Waals surface area (Å²) in [5.41, 5.74) is 1.25. The van der Waals surface area contributed by atoms with Crippen molar-refractivity contribution in [2.75, 3.05) is 38.3 Å². The van der Waals surface area contributed by atoms with Crippen molar-refractivity contribution in [3.63, 3.8) is 0 Å². The van der Waals surface area contributed by atoms with Gasteiger partial charge in [0.15, 0.2) is 0 Å². The van der Waals surface area contributed by atoms with Crippen molar-refractivity contribution < 1.29 is 9.53 Å². The Labute approximate surface area is 199 Å². The summed E-state index contributed by atoms with van der Waals surface area (Å²) in [6, 6.07) is 2.10. The molecular formula is C23H30N4O3S2. The van der Waals surface area contributed by atoms with Crippen LogP contribution in [0.1, 0.15) is 49.8 Å². The number of methoxy groups -OCH3 is 1. The van der Waals surface area contributed by atoms with Crippen LogP contribution in [0.25, 0.3) is 6.08 Å². The van der Waals surface area contributed by atoms with Crippen LogP contribution in [-0.4, -0.2) is 53.0 Å². The molecule has 2 aliphatic rings. The van der Waals surface area contributed by atoms with Gasteiger partial charge in [0.25, 0.3) is 11.5 Å². The van der Waals surface area contributed by atoms with Crippen LogP contribution in [0, 0.1) is 24.2 Å². The summed E-state index contributed by atoms with van der Waals surface area (Å²) in [6.07, 6.45) is 4.67. The van der Waals surface area contributed by atoms with Gasteiger partial charge >= 0.3 is 0 Å². The fourth-order valence-corrected chi connectivity index (χ4v) is 5.43. The van der Waals surface area contributed by atoms with Crippen LogP contribution < -0.4 is 10.5 Å². The molecule has 2 saturated heterocycles. The van der Waals surface area contributed by atoms with Gasteiger partial charge in [-0.25, -0.2) is 0 Å². The Morgan fingerprint density at radius 2 is 1.97 bits per heavy atom. The van der Waals surface area contributed by atoms with Gasteiger partial charge in [0.2, 0.25) is 0 Å². The number of hydrogen-bond acceptors (Lipinski definition) is 7. The molecule has 1 aromatic rings. The van der Waals surface area contributed by atoms with Crippen molar-refractivity contribution >= 4 is 46.1 Å². The molecule has 32 heavy (non-hydrogen) atoms. The molecule has 0 bridgehead atoms. The molecule has 0 aliphatic carbocycles. The molecule has 7 nitrogen and oxygen atoms in total. The van der Waals surface area contributed by atoms with Gasteiger partial charge in [0.1, 0.15) is 21.8 Å². The molecule has 0 atom stereocenters. The van der Waals surface area contributed by atoms with Crippen LogP contribution in [0.3, 0.4) is 0 Å². The Hall–Kier alpha value is -2.15. The maximum absolute atomic E-state index is 13.2. The van der Waals surface area contributed by atoms with Gasteiger partial charge in [-0.1, -0.05) is 37.8 Å². The van der Waals surface area contributed by atoms with E-state index in [1.807, 2.05) is 13.0 Å². The van der Waals surface area contributed by atoms with E-state index in [2.05, 4.69) is 17.9 Å². The van der Waals surface area contributed by atoms with Gasteiger partial charge in [-0.3, -0.25) is 19.1 Å². The Morgan fingerprint density at radius 1 is 1.28 bits per heavy atom. The molecule has 0 aromatic carbocycles. The minimum Gasteiger partial charge on any atom is -0.383 e. The first-order valence-corrected chi connectivity index (χ1v) is 12.2. The van der Waals surface area contributed by atoms with E-state index in [0.29, 0.717) is 40.4 Å². The second-order valence-electron chi connectivity index (χ2n) is 8.30. The highest BCUT2D eigenvalue weighted by molar-refractivity contribution is 8.26. The van der Waals surface area contributed by atoms with Crippen LogP contribution in [-0.2, 0) is 16.1 Å². The molecule has 1 aromatic heterocycles. The number of thiocarbonyl (C=S) groups is 1. The monoisotopic (exact) mass is 474 g/mol. The molecule has 2 aliphatic heterocycles. The van der Waals surface area contributed by atoms with Gasteiger partial charge in [0.05, 0.1) is 18.1 Å². The lowest BCUT2D eigenvalue weighted by molar-refractivity contribution is -0.122. The fraction of sp³-hybridized carbons (Fsp3) is 0.565. The first kappa shape index (κ1) is 24.5. The lowest BCUT2D eigenvalue weighted by Gasteiger charge is -2.35. The Kier molecular flexibility index (Phi) is 8.15. The van der Waals surface area contributed by atoms with E-state index >= 15 is 0 Å². The maximum atomic E-state index is 13.2. The number of aromatic nitrogens is 1. The summed E-state index contributed by atoms with van der Waals surface area (Å²) in [5, 5.41) is 9.73. The minimum absolute atomic E-state index is 0.133. The molecule has 0 unspecified atom stereocenters. The number of pyridine rings is 1. The predicted molar refractivity (Wildman–Crippen MR) is 133 cm³/mol. The summed E-state index contributed by atoms with van der Waals surface area (Å²) >= 11 is 6.67. The van der Waals surface area contributed by atoms with Gasteiger partial charge in [-0.05, 0) is 43.7 Å². The highest BCUT2D eigenvalue weighted by Gasteiger charge is 2.33. The SMILES string of the molecule is CCCn1c(N2CCC(C)CC2)c(C=C2SC(=S)N(CCOC)C2=O)c(C)c(C#N)c1=O. The van der Waals surface area contributed by atoms with Crippen molar-refractivity contribution in [3.8, 4) is 6.07 Å². The number of amides is 1. The topological polar surface area (TPSA) is 78.6 Å². The molecule has 1 amide bonds. The van der Waals surface area contributed by atoms with Crippen molar-refractivity contribution in [1.82, 2.24) is 9.47 Å². The Morgan fingerprint density at radius 3 is 2.56 bits per heavy atom. The molecule has 3 rings (SSSR count). The van der Waals surface area contributed by atoms with Crippen LogP contribution in [0.5, 0.6) is 0 Å². The van der Waals surface area contributed by atoms with Gasteiger partial charge < -0.3 is 9.64 Å². The molecule has 172 valence electrons. The van der Waals surface area contributed by atoms with Crippen molar-refractivity contribution in [2.24, 2.45) is 5.92 Å². The lowest BCUT2D eigenvalue weighted by atomic mass is 9.97. The number of piperidine rings is 1. The van der Waals surface area contributed by atoms with E-state index in [1.54, 1.807) is 23.5 Å². The van der Waals surface area contributed by atoms with Crippen molar-refractivity contribution in [2.45, 2.75) is 46.6 Å². The van der Waals surface area contributed by atoms with E-state index in [0.717, 1.165) is 43.7 Å². The standard InChI is InChI=1S/C23H30N4O3S2/c1-5-8-26-20(25-9-6-15(2)7-10-25)17(16(3)18(14-24)21(26)28)13-19-22(29)27(11-12-30-4)23(31)32-19/h13,15H,5-12H2,1-4H3. The predicted octanol–water partition coefficient (Wildman–Crippen LogP) is 3.52. The van der Waals surface area contributed by atoms with Crippen LogP contribution in [0.2, 0.25) is 0 Å². The average molecular weight is 475 g/mol. The molecule has 9 heteroatoms. The highest BCUT2D eigenvalue weighted by Crippen LogP contribution is 2.36. The molecule has 0 spiro atoms. The Bertz CT molecular complexity index is 1030. The van der Waals surface area contributed by atoms with Gasteiger partial charge in [-0.2, -0.15) is 5.26 Å². The van der Waals surface area contributed by atoms with Crippen LogP contribution in [0.15, 0.2) is 9.70 Å². The van der Waals surface area contributed by atoms with E-state index in [1.165, 1.54) is 11.8 Å². The first-order chi connectivity index (χ1) is 15.3. The number of hydrogen-bond donors (Lipinski definition) is 0. The molecular weight excluding hydrogens is 444 g/mol. The van der Waals surface area contributed by atoms with Crippen LogP contribution >= 0.6 is 24.0 Å². The van der Waals surface area contributed by atoms with Crippen molar-refractivity contribution in [3.05, 3.63) is 31.9 Å². The average Bonchev–Trinajstić information content (AvgIpc) is 3.04. The minimum atomic E-state index is -0.259. The summed E-state index contributed by atoms with van der Waals surface area (Å²) in [5.74, 6) is 1.28. The third-order valence-electron chi connectivity index (χ3n) is 6.04. The summed E-state index contributed by atoms with van der Waals surface area (Å²) in [6.45, 7) is 9.04. The number of nitrogens with zero attached hydrogens (tertiary/aromatic N) is 4. The van der Waals surface area contributed by atoms with E-state index in [9.17, 15) is 14.9 Å². The number of thioether (sulfide) groups is 1. The van der Waals surface area contributed by atoms with E-state index in [-0.39, 0.29) is 17.0 Å². The van der Waals surface area contributed by atoms with Crippen LogP contribution in [0.4, 0.5) is 5.82 Å². The summed E-state index contributed by atoms with van der Waals surface area (Å²) in [7, 11) is 1.59. The molecule has 0 radical (unpaired) electrons. The first-order valence-electron chi connectivity index (χ1n) is 11.0. The zero-order valence-corrected chi connectivity index (χ0v) is 20.8. The van der Waals surface area contributed by atoms with Gasteiger partial charge in [0, 0.05) is 32.3 Å². The number of carbonyl (C=O) groups is 1. The zero-order chi connectivity index (χ0) is 23.4.